The Morgan fingerprint density at radius 2 is 2.24 bits per heavy atom. The van der Waals surface area contributed by atoms with Gasteiger partial charge >= 0.3 is 0 Å². The molecule has 0 aliphatic rings. The van der Waals surface area contributed by atoms with Crippen LogP contribution >= 0.6 is 0 Å². The molecular formula is C13H17NO3. The van der Waals surface area contributed by atoms with Gasteiger partial charge in [0.2, 0.25) is 5.91 Å². The molecule has 0 saturated carbocycles. The Morgan fingerprint density at radius 1 is 1.53 bits per heavy atom. The molecule has 0 saturated heterocycles. The molecule has 1 amide bonds. The van der Waals surface area contributed by atoms with Gasteiger partial charge in [-0.15, -0.1) is 0 Å². The molecule has 1 aromatic carbocycles. The van der Waals surface area contributed by atoms with E-state index in [0.29, 0.717) is 18.0 Å². The molecule has 1 unspecified atom stereocenters. The highest BCUT2D eigenvalue weighted by molar-refractivity contribution is 5.99. The maximum Gasteiger partial charge on any atom is 0.247 e. The molecule has 1 aromatic rings. The molecule has 1 N–H and O–H groups in total. The first-order valence-corrected chi connectivity index (χ1v) is 5.48. The number of hydrogen-bond acceptors (Lipinski definition) is 3. The van der Waals surface area contributed by atoms with Crippen molar-refractivity contribution in [3.05, 3.63) is 36.9 Å². The van der Waals surface area contributed by atoms with E-state index in [1.807, 2.05) is 19.1 Å². The van der Waals surface area contributed by atoms with Gasteiger partial charge in [-0.2, -0.15) is 0 Å². The van der Waals surface area contributed by atoms with Crippen LogP contribution < -0.4 is 10.1 Å². The smallest absolute Gasteiger partial charge is 0.247 e. The second-order valence-electron chi connectivity index (χ2n) is 3.33. The Hall–Kier alpha value is -1.81. The highest BCUT2D eigenvalue weighted by Gasteiger charge is 2.08. The minimum absolute atomic E-state index is 0.273. The van der Waals surface area contributed by atoms with Crippen molar-refractivity contribution in [1.29, 1.82) is 0 Å². The van der Waals surface area contributed by atoms with E-state index in [1.54, 1.807) is 19.1 Å². The minimum atomic E-state index is -0.359. The number of ether oxygens (including phenoxy) is 2. The fraction of sp³-hybridized carbons (Fsp3) is 0.308. The quantitative estimate of drug-likeness (QED) is 0.609. The van der Waals surface area contributed by atoms with Gasteiger partial charge in [-0.1, -0.05) is 18.7 Å². The van der Waals surface area contributed by atoms with E-state index in [1.165, 1.54) is 6.08 Å². The largest absolute Gasteiger partial charge is 0.463 e. The van der Waals surface area contributed by atoms with Crippen LogP contribution in [0.5, 0.6) is 5.75 Å². The zero-order valence-corrected chi connectivity index (χ0v) is 10.1. The van der Waals surface area contributed by atoms with Gasteiger partial charge < -0.3 is 14.8 Å². The van der Waals surface area contributed by atoms with Gasteiger partial charge in [0.05, 0.1) is 5.69 Å². The molecule has 0 aromatic heterocycles. The standard InChI is InChI=1S/C13H17NO3/c1-4-13(15)14-11-8-6-7-9-12(11)17-10(3)16-5-2/h4,6-10H,1,5H2,2-3H3,(H,14,15). The predicted octanol–water partition coefficient (Wildman–Crippen LogP) is 2.57. The lowest BCUT2D eigenvalue weighted by atomic mass is 10.3. The number of carbonyl (C=O) groups is 1. The van der Waals surface area contributed by atoms with Crippen molar-refractivity contribution >= 4 is 11.6 Å². The average molecular weight is 235 g/mol. The van der Waals surface area contributed by atoms with Gasteiger partial charge in [0.1, 0.15) is 5.75 Å². The van der Waals surface area contributed by atoms with Gasteiger partial charge in [-0.25, -0.2) is 0 Å². The van der Waals surface area contributed by atoms with Gasteiger partial charge in [0.25, 0.3) is 0 Å². The van der Waals surface area contributed by atoms with E-state index < -0.39 is 0 Å². The lowest BCUT2D eigenvalue weighted by molar-refractivity contribution is -0.112. The van der Waals surface area contributed by atoms with Crippen LogP contribution in [-0.4, -0.2) is 18.8 Å². The molecule has 0 aliphatic heterocycles. The Balaban J connectivity index is 2.76. The van der Waals surface area contributed by atoms with E-state index in [9.17, 15) is 4.79 Å². The van der Waals surface area contributed by atoms with Crippen molar-refractivity contribution in [2.24, 2.45) is 0 Å². The summed E-state index contributed by atoms with van der Waals surface area (Å²) >= 11 is 0. The number of carbonyl (C=O) groups excluding carboxylic acids is 1. The highest BCUT2D eigenvalue weighted by atomic mass is 16.7. The summed E-state index contributed by atoms with van der Waals surface area (Å²) in [6.45, 7) is 7.67. The zero-order valence-electron chi connectivity index (χ0n) is 10.1. The van der Waals surface area contributed by atoms with Crippen LogP contribution in [0, 0.1) is 0 Å². The Morgan fingerprint density at radius 3 is 2.88 bits per heavy atom. The molecule has 0 heterocycles. The van der Waals surface area contributed by atoms with E-state index in [0.717, 1.165) is 0 Å². The summed E-state index contributed by atoms with van der Waals surface area (Å²) < 4.78 is 10.8. The van der Waals surface area contributed by atoms with Crippen LogP contribution in [0.15, 0.2) is 36.9 Å². The normalized spacial score (nSPS) is 11.6. The van der Waals surface area contributed by atoms with E-state index in [2.05, 4.69) is 11.9 Å². The van der Waals surface area contributed by atoms with Crippen molar-refractivity contribution in [2.75, 3.05) is 11.9 Å². The van der Waals surface area contributed by atoms with Crippen LogP contribution in [-0.2, 0) is 9.53 Å². The van der Waals surface area contributed by atoms with Crippen LogP contribution in [0.3, 0.4) is 0 Å². The van der Waals surface area contributed by atoms with Gasteiger partial charge in [-0.05, 0) is 32.1 Å². The molecule has 1 atom stereocenters. The monoisotopic (exact) mass is 235 g/mol. The number of amides is 1. The summed E-state index contributed by atoms with van der Waals surface area (Å²) in [6.07, 6.45) is 0.852. The molecule has 0 spiro atoms. The summed E-state index contributed by atoms with van der Waals surface area (Å²) in [5.74, 6) is 0.300. The Kier molecular flexibility index (Phi) is 5.23. The van der Waals surface area contributed by atoms with Gasteiger partial charge in [0, 0.05) is 6.61 Å². The molecule has 4 heteroatoms. The minimum Gasteiger partial charge on any atom is -0.463 e. The maximum absolute atomic E-state index is 11.2. The first-order chi connectivity index (χ1) is 8.17. The number of hydrogen-bond donors (Lipinski definition) is 1. The lowest BCUT2D eigenvalue weighted by Gasteiger charge is -2.17. The van der Waals surface area contributed by atoms with Gasteiger partial charge in [0.15, 0.2) is 6.29 Å². The van der Waals surface area contributed by atoms with Crippen LogP contribution in [0.2, 0.25) is 0 Å². The molecule has 0 bridgehead atoms. The van der Waals surface area contributed by atoms with E-state index in [4.69, 9.17) is 9.47 Å². The van der Waals surface area contributed by atoms with Crippen molar-refractivity contribution < 1.29 is 14.3 Å². The first kappa shape index (κ1) is 13.3. The summed E-state index contributed by atoms with van der Waals surface area (Å²) in [4.78, 5) is 11.2. The van der Waals surface area contributed by atoms with Crippen molar-refractivity contribution in [3.63, 3.8) is 0 Å². The third kappa shape index (κ3) is 4.28. The molecule has 4 nitrogen and oxygen atoms in total. The SMILES string of the molecule is C=CC(=O)Nc1ccccc1OC(C)OCC. The van der Waals surface area contributed by atoms with Gasteiger partial charge in [-0.3, -0.25) is 4.79 Å². The number of para-hydroxylation sites is 2. The number of benzene rings is 1. The molecule has 92 valence electrons. The summed E-state index contributed by atoms with van der Waals surface area (Å²) in [6, 6.07) is 7.18. The average Bonchev–Trinajstić information content (AvgIpc) is 2.31. The third-order valence-corrected chi connectivity index (χ3v) is 2.02. The third-order valence-electron chi connectivity index (χ3n) is 2.02. The molecule has 1 rings (SSSR count). The Bertz CT molecular complexity index is 390. The topological polar surface area (TPSA) is 47.6 Å². The highest BCUT2D eigenvalue weighted by Crippen LogP contribution is 2.24. The lowest BCUT2D eigenvalue weighted by Crippen LogP contribution is -2.17. The van der Waals surface area contributed by atoms with Crippen molar-refractivity contribution in [2.45, 2.75) is 20.1 Å². The van der Waals surface area contributed by atoms with Crippen LogP contribution in [0.1, 0.15) is 13.8 Å². The fourth-order valence-corrected chi connectivity index (χ4v) is 1.30. The summed E-state index contributed by atoms with van der Waals surface area (Å²) in [5, 5.41) is 2.67. The fourth-order valence-electron chi connectivity index (χ4n) is 1.30. The van der Waals surface area contributed by atoms with E-state index >= 15 is 0 Å². The Labute approximate surface area is 101 Å². The second kappa shape index (κ2) is 6.70. The van der Waals surface area contributed by atoms with Crippen LogP contribution in [0.4, 0.5) is 5.69 Å². The maximum atomic E-state index is 11.2. The first-order valence-electron chi connectivity index (χ1n) is 5.48. The molecule has 0 fully saturated rings. The predicted molar refractivity (Wildman–Crippen MR) is 67.0 cm³/mol. The number of rotatable bonds is 6. The number of nitrogens with one attached hydrogen (secondary N) is 1. The second-order valence-corrected chi connectivity index (χ2v) is 3.33. The molecular weight excluding hydrogens is 218 g/mol. The zero-order chi connectivity index (χ0) is 12.7. The van der Waals surface area contributed by atoms with E-state index in [-0.39, 0.29) is 12.2 Å². The number of anilines is 1. The summed E-state index contributed by atoms with van der Waals surface area (Å²) in [5.41, 5.74) is 0.601. The van der Waals surface area contributed by atoms with Crippen molar-refractivity contribution in [3.8, 4) is 5.75 Å². The van der Waals surface area contributed by atoms with Crippen molar-refractivity contribution in [1.82, 2.24) is 0 Å². The summed E-state index contributed by atoms with van der Waals surface area (Å²) in [7, 11) is 0. The molecule has 17 heavy (non-hydrogen) atoms. The van der Waals surface area contributed by atoms with Crippen LogP contribution in [0.25, 0.3) is 0 Å². The molecule has 0 radical (unpaired) electrons. The molecule has 0 aliphatic carbocycles.